The lowest BCUT2D eigenvalue weighted by molar-refractivity contribution is -0.144. The van der Waals surface area contributed by atoms with Crippen molar-refractivity contribution in [2.24, 2.45) is 0 Å². The molecule has 1 atom stereocenters. The minimum atomic E-state index is -0.996. The van der Waals surface area contributed by atoms with Crippen molar-refractivity contribution in [3.8, 4) is 5.75 Å². The lowest BCUT2D eigenvalue weighted by Crippen LogP contribution is -2.23. The van der Waals surface area contributed by atoms with E-state index in [1.54, 1.807) is 18.2 Å². The number of hydrogen-bond donors (Lipinski definition) is 1. The summed E-state index contributed by atoms with van der Waals surface area (Å²) >= 11 is 5.75. The molecular weight excluding hydrogens is 204 g/mol. The summed E-state index contributed by atoms with van der Waals surface area (Å²) in [5.74, 6) is -0.489. The van der Waals surface area contributed by atoms with E-state index in [0.717, 1.165) is 5.56 Å². The van der Waals surface area contributed by atoms with E-state index in [1.165, 1.54) is 6.92 Å². The second kappa shape index (κ2) is 4.33. The average Bonchev–Trinajstić information content (AvgIpc) is 2.11. The zero-order chi connectivity index (χ0) is 10.7. The molecule has 0 aliphatic rings. The molecule has 1 aromatic carbocycles. The molecule has 0 aliphatic heterocycles. The van der Waals surface area contributed by atoms with E-state index in [0.29, 0.717) is 10.8 Å². The Kier molecular flexibility index (Phi) is 3.36. The van der Waals surface area contributed by atoms with Gasteiger partial charge in [-0.25, -0.2) is 4.79 Å². The molecule has 0 radical (unpaired) electrons. The quantitative estimate of drug-likeness (QED) is 0.841. The van der Waals surface area contributed by atoms with Crippen LogP contribution in [-0.2, 0) is 4.79 Å². The second-order valence-corrected chi connectivity index (χ2v) is 3.44. The maximum Gasteiger partial charge on any atom is 0.344 e. The SMILES string of the molecule is Cc1ccc(Cl)cc1OC(C)C(=O)O. The Balaban J connectivity index is 2.85. The Morgan fingerprint density at radius 1 is 1.57 bits per heavy atom. The molecule has 4 heteroatoms. The van der Waals surface area contributed by atoms with E-state index < -0.39 is 12.1 Å². The van der Waals surface area contributed by atoms with Crippen molar-refractivity contribution in [2.45, 2.75) is 20.0 Å². The predicted octanol–water partition coefficient (Wildman–Crippen LogP) is 2.50. The fourth-order valence-corrected chi connectivity index (χ4v) is 1.10. The summed E-state index contributed by atoms with van der Waals surface area (Å²) < 4.78 is 5.20. The summed E-state index contributed by atoms with van der Waals surface area (Å²) in [6.45, 7) is 3.31. The normalized spacial score (nSPS) is 12.2. The van der Waals surface area contributed by atoms with Crippen LogP contribution in [0.3, 0.4) is 0 Å². The summed E-state index contributed by atoms with van der Waals surface area (Å²) in [5, 5.41) is 9.18. The van der Waals surface area contributed by atoms with Crippen LogP contribution >= 0.6 is 11.6 Å². The lowest BCUT2D eigenvalue weighted by atomic mass is 10.2. The minimum Gasteiger partial charge on any atom is -0.479 e. The first-order valence-electron chi connectivity index (χ1n) is 4.16. The van der Waals surface area contributed by atoms with Gasteiger partial charge in [0.25, 0.3) is 0 Å². The third kappa shape index (κ3) is 2.64. The molecule has 76 valence electrons. The van der Waals surface area contributed by atoms with Crippen molar-refractivity contribution in [3.63, 3.8) is 0 Å². The standard InChI is InChI=1S/C10H11ClO3/c1-6-3-4-8(11)5-9(6)14-7(2)10(12)13/h3-5,7H,1-2H3,(H,12,13). The van der Waals surface area contributed by atoms with Crippen molar-refractivity contribution in [1.82, 2.24) is 0 Å². The summed E-state index contributed by atoms with van der Waals surface area (Å²) in [6, 6.07) is 5.12. The predicted molar refractivity (Wildman–Crippen MR) is 53.9 cm³/mol. The number of halogens is 1. The fourth-order valence-electron chi connectivity index (χ4n) is 0.942. The molecule has 14 heavy (non-hydrogen) atoms. The lowest BCUT2D eigenvalue weighted by Gasteiger charge is -2.12. The Hall–Kier alpha value is -1.22. The van der Waals surface area contributed by atoms with Gasteiger partial charge in [-0.3, -0.25) is 0 Å². The first-order chi connectivity index (χ1) is 6.50. The zero-order valence-corrected chi connectivity index (χ0v) is 8.71. The first-order valence-corrected chi connectivity index (χ1v) is 4.54. The Morgan fingerprint density at radius 3 is 2.79 bits per heavy atom. The Labute approximate surface area is 87.3 Å². The number of aryl methyl sites for hydroxylation is 1. The Bertz CT molecular complexity index is 349. The molecule has 0 saturated heterocycles. The number of carbonyl (C=O) groups is 1. The van der Waals surface area contributed by atoms with Crippen LogP contribution in [0, 0.1) is 6.92 Å². The molecule has 0 amide bonds. The average molecular weight is 215 g/mol. The van der Waals surface area contributed by atoms with Crippen LogP contribution in [0.2, 0.25) is 5.02 Å². The highest BCUT2D eigenvalue weighted by Gasteiger charge is 2.13. The highest BCUT2D eigenvalue weighted by atomic mass is 35.5. The van der Waals surface area contributed by atoms with Gasteiger partial charge in [0, 0.05) is 5.02 Å². The highest BCUT2D eigenvalue weighted by Crippen LogP contribution is 2.23. The largest absolute Gasteiger partial charge is 0.479 e. The van der Waals surface area contributed by atoms with Gasteiger partial charge in [-0.2, -0.15) is 0 Å². The minimum absolute atomic E-state index is 0.507. The van der Waals surface area contributed by atoms with Crippen molar-refractivity contribution in [3.05, 3.63) is 28.8 Å². The number of rotatable bonds is 3. The molecule has 0 aliphatic carbocycles. The fraction of sp³-hybridized carbons (Fsp3) is 0.300. The van der Waals surface area contributed by atoms with Crippen LogP contribution in [0.4, 0.5) is 0 Å². The topological polar surface area (TPSA) is 46.5 Å². The number of hydrogen-bond acceptors (Lipinski definition) is 2. The molecule has 3 nitrogen and oxygen atoms in total. The molecule has 0 aromatic heterocycles. The Morgan fingerprint density at radius 2 is 2.21 bits per heavy atom. The van der Waals surface area contributed by atoms with Gasteiger partial charge in [0.1, 0.15) is 5.75 Å². The maximum absolute atomic E-state index is 10.5. The number of aliphatic carboxylic acids is 1. The van der Waals surface area contributed by atoms with Crippen LogP contribution in [-0.4, -0.2) is 17.2 Å². The molecule has 0 heterocycles. The zero-order valence-electron chi connectivity index (χ0n) is 7.95. The van der Waals surface area contributed by atoms with E-state index in [1.807, 2.05) is 6.92 Å². The van der Waals surface area contributed by atoms with E-state index in [9.17, 15) is 4.79 Å². The summed E-state index contributed by atoms with van der Waals surface area (Å²) in [5.41, 5.74) is 0.863. The number of benzene rings is 1. The summed E-state index contributed by atoms with van der Waals surface area (Å²) in [6.07, 6.45) is -0.868. The molecule has 1 aromatic rings. The van der Waals surface area contributed by atoms with Crippen molar-refractivity contribution in [2.75, 3.05) is 0 Å². The van der Waals surface area contributed by atoms with Gasteiger partial charge < -0.3 is 9.84 Å². The van der Waals surface area contributed by atoms with E-state index in [2.05, 4.69) is 0 Å². The van der Waals surface area contributed by atoms with Crippen LogP contribution in [0.25, 0.3) is 0 Å². The summed E-state index contributed by atoms with van der Waals surface area (Å²) in [4.78, 5) is 10.5. The third-order valence-corrected chi connectivity index (χ3v) is 2.04. The second-order valence-electron chi connectivity index (χ2n) is 3.01. The highest BCUT2D eigenvalue weighted by molar-refractivity contribution is 6.30. The van der Waals surface area contributed by atoms with E-state index >= 15 is 0 Å². The van der Waals surface area contributed by atoms with E-state index in [4.69, 9.17) is 21.4 Å². The van der Waals surface area contributed by atoms with Crippen LogP contribution in [0.5, 0.6) is 5.75 Å². The van der Waals surface area contributed by atoms with Gasteiger partial charge in [-0.15, -0.1) is 0 Å². The van der Waals surface area contributed by atoms with Gasteiger partial charge >= 0.3 is 5.97 Å². The van der Waals surface area contributed by atoms with Crippen LogP contribution < -0.4 is 4.74 Å². The number of carboxylic acid groups (broad SMARTS) is 1. The third-order valence-electron chi connectivity index (χ3n) is 1.80. The van der Waals surface area contributed by atoms with E-state index in [-0.39, 0.29) is 0 Å². The van der Waals surface area contributed by atoms with Gasteiger partial charge in [-0.1, -0.05) is 17.7 Å². The molecule has 1 N–H and O–H groups in total. The first kappa shape index (κ1) is 10.9. The van der Waals surface area contributed by atoms with Gasteiger partial charge in [0.15, 0.2) is 6.10 Å². The maximum atomic E-state index is 10.5. The number of ether oxygens (including phenoxy) is 1. The van der Waals surface area contributed by atoms with Gasteiger partial charge in [-0.05, 0) is 31.5 Å². The van der Waals surface area contributed by atoms with Crippen LogP contribution in [0.1, 0.15) is 12.5 Å². The number of carboxylic acids is 1. The van der Waals surface area contributed by atoms with Crippen molar-refractivity contribution in [1.29, 1.82) is 0 Å². The molecule has 0 bridgehead atoms. The van der Waals surface area contributed by atoms with Gasteiger partial charge in [0.05, 0.1) is 0 Å². The molecule has 1 rings (SSSR count). The summed E-state index contributed by atoms with van der Waals surface area (Å²) in [7, 11) is 0. The van der Waals surface area contributed by atoms with Crippen molar-refractivity contribution < 1.29 is 14.6 Å². The molecule has 1 unspecified atom stereocenters. The van der Waals surface area contributed by atoms with Gasteiger partial charge in [0.2, 0.25) is 0 Å². The van der Waals surface area contributed by atoms with Crippen molar-refractivity contribution >= 4 is 17.6 Å². The molecular formula is C10H11ClO3. The molecule has 0 fully saturated rings. The molecule has 0 spiro atoms. The monoisotopic (exact) mass is 214 g/mol. The molecule has 0 saturated carbocycles. The smallest absolute Gasteiger partial charge is 0.344 e. The van der Waals surface area contributed by atoms with Crippen LogP contribution in [0.15, 0.2) is 18.2 Å².